The molecule has 0 fully saturated rings. The van der Waals surface area contributed by atoms with Crippen LogP contribution in [0.3, 0.4) is 0 Å². The summed E-state index contributed by atoms with van der Waals surface area (Å²) >= 11 is 0. The molecule has 100 valence electrons. The van der Waals surface area contributed by atoms with Gasteiger partial charge in [-0.15, -0.1) is 0 Å². The van der Waals surface area contributed by atoms with Gasteiger partial charge >= 0.3 is 0 Å². The summed E-state index contributed by atoms with van der Waals surface area (Å²) in [5.41, 5.74) is 9.58. The maximum atomic E-state index is 5.70. The van der Waals surface area contributed by atoms with Crippen molar-refractivity contribution in [3.8, 4) is 0 Å². The van der Waals surface area contributed by atoms with E-state index in [4.69, 9.17) is 5.73 Å². The lowest BCUT2D eigenvalue weighted by atomic mass is 10.1. The maximum absolute atomic E-state index is 5.70. The van der Waals surface area contributed by atoms with E-state index in [9.17, 15) is 0 Å². The van der Waals surface area contributed by atoms with Gasteiger partial charge in [0.1, 0.15) is 0 Å². The molecule has 1 heterocycles. The molecule has 0 saturated carbocycles. The van der Waals surface area contributed by atoms with Crippen molar-refractivity contribution in [1.29, 1.82) is 0 Å². The molecule has 2 rings (SSSR count). The summed E-state index contributed by atoms with van der Waals surface area (Å²) in [5.74, 6) is 0. The lowest BCUT2D eigenvalue weighted by Crippen LogP contribution is -2.23. The third-order valence-corrected chi connectivity index (χ3v) is 3.25. The Kier molecular flexibility index (Phi) is 4.93. The van der Waals surface area contributed by atoms with Gasteiger partial charge in [-0.1, -0.05) is 18.2 Å². The van der Waals surface area contributed by atoms with Crippen molar-refractivity contribution in [2.45, 2.75) is 19.9 Å². The minimum atomic E-state index is 0.684. The lowest BCUT2D eigenvalue weighted by molar-refractivity contribution is 0.817. The number of benzene rings is 1. The summed E-state index contributed by atoms with van der Waals surface area (Å²) in [6, 6.07) is 12.6. The zero-order chi connectivity index (χ0) is 13.5. The molecule has 2 N–H and O–H groups in total. The molecule has 1 aromatic heterocycles. The zero-order valence-electron chi connectivity index (χ0n) is 11.4. The predicted molar refractivity (Wildman–Crippen MR) is 80.2 cm³/mol. The van der Waals surface area contributed by atoms with Gasteiger partial charge in [-0.05, 0) is 49.2 Å². The predicted octanol–water partition coefficient (Wildman–Crippen LogP) is 2.61. The number of hydrogen-bond donors (Lipinski definition) is 1. The highest BCUT2D eigenvalue weighted by Crippen LogP contribution is 2.22. The van der Waals surface area contributed by atoms with Gasteiger partial charge in [0.15, 0.2) is 0 Å². The largest absolute Gasteiger partial charge is 0.367 e. The summed E-state index contributed by atoms with van der Waals surface area (Å²) < 4.78 is 0. The first-order valence-corrected chi connectivity index (χ1v) is 6.77. The number of para-hydroxylation sites is 1. The number of pyridine rings is 1. The molecule has 0 saturated heterocycles. The van der Waals surface area contributed by atoms with Crippen molar-refractivity contribution in [3.63, 3.8) is 0 Å². The average molecular weight is 255 g/mol. The molecule has 3 heteroatoms. The van der Waals surface area contributed by atoms with Crippen LogP contribution in [0.2, 0.25) is 0 Å². The molecular formula is C16H21N3. The standard InChI is InChI=1S/C16H21N3/c1-2-19(13-14-8-11-18-12-9-14)16-6-4-3-5-15(16)7-10-17/h3-6,8-9,11-12H,2,7,10,13,17H2,1H3. The van der Waals surface area contributed by atoms with Crippen LogP contribution in [0.15, 0.2) is 48.8 Å². The molecule has 0 aliphatic carbocycles. The molecule has 0 atom stereocenters. The van der Waals surface area contributed by atoms with E-state index in [0.29, 0.717) is 6.54 Å². The third kappa shape index (κ3) is 3.55. The number of aromatic nitrogens is 1. The lowest BCUT2D eigenvalue weighted by Gasteiger charge is -2.25. The van der Waals surface area contributed by atoms with Crippen LogP contribution in [0.25, 0.3) is 0 Å². The first-order valence-electron chi connectivity index (χ1n) is 6.77. The number of nitrogens with two attached hydrogens (primary N) is 1. The second kappa shape index (κ2) is 6.90. The molecular weight excluding hydrogens is 234 g/mol. The van der Waals surface area contributed by atoms with Crippen LogP contribution in [0.4, 0.5) is 5.69 Å². The van der Waals surface area contributed by atoms with Gasteiger partial charge in [-0.2, -0.15) is 0 Å². The second-order valence-corrected chi connectivity index (χ2v) is 4.54. The Morgan fingerprint density at radius 3 is 2.53 bits per heavy atom. The van der Waals surface area contributed by atoms with Gasteiger partial charge < -0.3 is 10.6 Å². The van der Waals surface area contributed by atoms with Crippen molar-refractivity contribution in [1.82, 2.24) is 4.98 Å². The van der Waals surface area contributed by atoms with Gasteiger partial charge in [0.2, 0.25) is 0 Å². The topological polar surface area (TPSA) is 42.2 Å². The molecule has 1 aromatic carbocycles. The molecule has 0 unspecified atom stereocenters. The first kappa shape index (κ1) is 13.6. The van der Waals surface area contributed by atoms with Crippen LogP contribution < -0.4 is 10.6 Å². The van der Waals surface area contributed by atoms with Crippen LogP contribution in [0, 0.1) is 0 Å². The third-order valence-electron chi connectivity index (χ3n) is 3.25. The summed E-state index contributed by atoms with van der Waals surface area (Å²) in [6.07, 6.45) is 4.60. The molecule has 19 heavy (non-hydrogen) atoms. The molecule has 0 aliphatic rings. The van der Waals surface area contributed by atoms with E-state index in [1.807, 2.05) is 12.4 Å². The van der Waals surface area contributed by atoms with Crippen LogP contribution in [-0.2, 0) is 13.0 Å². The smallest absolute Gasteiger partial charge is 0.0430 e. The molecule has 0 bridgehead atoms. The molecule has 0 amide bonds. The number of hydrogen-bond acceptors (Lipinski definition) is 3. The van der Waals surface area contributed by atoms with Gasteiger partial charge in [0.25, 0.3) is 0 Å². The summed E-state index contributed by atoms with van der Waals surface area (Å²) in [4.78, 5) is 6.44. The number of anilines is 1. The van der Waals surface area contributed by atoms with Crippen LogP contribution in [0.1, 0.15) is 18.1 Å². The van der Waals surface area contributed by atoms with Gasteiger partial charge in [-0.25, -0.2) is 0 Å². The van der Waals surface area contributed by atoms with Crippen LogP contribution in [0.5, 0.6) is 0 Å². The Morgan fingerprint density at radius 2 is 1.84 bits per heavy atom. The van der Waals surface area contributed by atoms with E-state index >= 15 is 0 Å². The monoisotopic (exact) mass is 255 g/mol. The van der Waals surface area contributed by atoms with Crippen molar-refractivity contribution in [2.75, 3.05) is 18.0 Å². The highest BCUT2D eigenvalue weighted by atomic mass is 15.1. The second-order valence-electron chi connectivity index (χ2n) is 4.54. The SMILES string of the molecule is CCN(Cc1ccncc1)c1ccccc1CCN. The van der Waals surface area contributed by atoms with E-state index in [1.165, 1.54) is 16.8 Å². The normalized spacial score (nSPS) is 10.4. The fourth-order valence-electron chi connectivity index (χ4n) is 2.26. The van der Waals surface area contributed by atoms with E-state index in [1.54, 1.807) is 0 Å². The Labute approximate surface area is 115 Å². The summed E-state index contributed by atoms with van der Waals surface area (Å²) in [6.45, 7) is 4.74. The Balaban J connectivity index is 2.22. The molecule has 0 spiro atoms. The molecule has 3 nitrogen and oxygen atoms in total. The quantitative estimate of drug-likeness (QED) is 0.862. The summed E-state index contributed by atoms with van der Waals surface area (Å²) in [5, 5.41) is 0. The highest BCUT2D eigenvalue weighted by Gasteiger charge is 2.09. The minimum Gasteiger partial charge on any atom is -0.367 e. The van der Waals surface area contributed by atoms with E-state index < -0.39 is 0 Å². The number of rotatable bonds is 6. The Hall–Kier alpha value is -1.87. The Bertz CT molecular complexity index is 496. The average Bonchev–Trinajstić information content (AvgIpc) is 2.47. The molecule has 0 radical (unpaired) electrons. The first-order chi connectivity index (χ1) is 9.35. The fraction of sp³-hybridized carbons (Fsp3) is 0.312. The highest BCUT2D eigenvalue weighted by molar-refractivity contribution is 5.54. The van der Waals surface area contributed by atoms with Crippen LogP contribution in [-0.4, -0.2) is 18.1 Å². The molecule has 2 aromatic rings. The van der Waals surface area contributed by atoms with Gasteiger partial charge in [-0.3, -0.25) is 4.98 Å². The molecule has 0 aliphatic heterocycles. The van der Waals surface area contributed by atoms with Crippen molar-refractivity contribution >= 4 is 5.69 Å². The van der Waals surface area contributed by atoms with E-state index in [-0.39, 0.29) is 0 Å². The van der Waals surface area contributed by atoms with Gasteiger partial charge in [0.05, 0.1) is 0 Å². The van der Waals surface area contributed by atoms with E-state index in [2.05, 4.69) is 53.2 Å². The van der Waals surface area contributed by atoms with Crippen LogP contribution >= 0.6 is 0 Å². The zero-order valence-corrected chi connectivity index (χ0v) is 11.4. The van der Waals surface area contributed by atoms with Crippen molar-refractivity contribution in [2.24, 2.45) is 5.73 Å². The Morgan fingerprint density at radius 1 is 1.11 bits per heavy atom. The summed E-state index contributed by atoms with van der Waals surface area (Å²) in [7, 11) is 0. The minimum absolute atomic E-state index is 0.684. The van der Waals surface area contributed by atoms with Crippen molar-refractivity contribution < 1.29 is 0 Å². The fourth-order valence-corrected chi connectivity index (χ4v) is 2.26. The van der Waals surface area contributed by atoms with Gasteiger partial charge in [0, 0.05) is 31.2 Å². The van der Waals surface area contributed by atoms with E-state index in [0.717, 1.165) is 19.5 Å². The number of nitrogens with zero attached hydrogens (tertiary/aromatic N) is 2. The maximum Gasteiger partial charge on any atom is 0.0430 e. The van der Waals surface area contributed by atoms with Crippen molar-refractivity contribution in [3.05, 3.63) is 59.9 Å².